The van der Waals surface area contributed by atoms with Crippen molar-refractivity contribution in [3.63, 3.8) is 0 Å². The number of methoxy groups -OCH3 is 1. The molecule has 3 aliphatic heterocycles. The molecule has 12 atom stereocenters. The number of rotatable bonds is 10. The van der Waals surface area contributed by atoms with Crippen LogP contribution in [0.15, 0.2) is 11.6 Å². The summed E-state index contributed by atoms with van der Waals surface area (Å²) in [6.45, 7) is 18.0. The van der Waals surface area contributed by atoms with E-state index in [1.165, 1.54) is 0 Å². The molecule has 48 heavy (non-hydrogen) atoms. The van der Waals surface area contributed by atoms with Crippen molar-refractivity contribution in [2.75, 3.05) is 41.0 Å². The monoisotopic (exact) mass is 682 g/mol. The fraction of sp³-hybridized carbons (Fsp3) is 0.861. The van der Waals surface area contributed by atoms with E-state index in [2.05, 4.69) is 0 Å². The third-order valence-electron chi connectivity index (χ3n) is 10.7. The lowest BCUT2D eigenvalue weighted by Gasteiger charge is -2.47. The van der Waals surface area contributed by atoms with Crippen LogP contribution in [0, 0.1) is 17.8 Å². The normalized spacial score (nSPS) is 41.3. The quantitative estimate of drug-likeness (QED) is 0.260. The molecule has 3 aliphatic rings. The molecule has 0 saturated carbocycles. The van der Waals surface area contributed by atoms with Crippen LogP contribution in [0.3, 0.4) is 0 Å². The predicted molar refractivity (Wildman–Crippen MR) is 180 cm³/mol. The third-order valence-corrected chi connectivity index (χ3v) is 10.7. The fourth-order valence-corrected chi connectivity index (χ4v) is 8.09. The summed E-state index contributed by atoms with van der Waals surface area (Å²) in [5.74, 6) is -2.25. The SMILES string of the molecule is CCOCCCN1C(=O)O[C@]2(C)[C@@H](CC)OC(=O)/C(C)=C/[C@H](C)[C@@H](O[C@@H]3O[C@H](C)C[C@H](N(C)C)[C@H]3O)[C@](C)(OC)C[C@@H](C)C(=O)[C@H](C)[C@@H]12. The van der Waals surface area contributed by atoms with Gasteiger partial charge in [0.2, 0.25) is 0 Å². The maximum Gasteiger partial charge on any atom is 0.410 e. The minimum absolute atomic E-state index is 0.0748. The van der Waals surface area contributed by atoms with Gasteiger partial charge in [-0.2, -0.15) is 0 Å². The Morgan fingerprint density at radius 2 is 1.77 bits per heavy atom. The summed E-state index contributed by atoms with van der Waals surface area (Å²) in [5, 5.41) is 11.4. The number of hydrogen-bond donors (Lipinski definition) is 1. The lowest BCUT2D eigenvalue weighted by molar-refractivity contribution is -0.294. The van der Waals surface area contributed by atoms with Crippen molar-refractivity contribution in [1.82, 2.24) is 9.80 Å². The number of carbonyl (C=O) groups is 3. The van der Waals surface area contributed by atoms with Crippen LogP contribution in [-0.4, -0.2) is 128 Å². The van der Waals surface area contributed by atoms with Gasteiger partial charge < -0.3 is 43.3 Å². The number of ketones is 1. The maximum absolute atomic E-state index is 14.4. The fourth-order valence-electron chi connectivity index (χ4n) is 8.09. The largest absolute Gasteiger partial charge is 0.455 e. The number of hydrogen-bond acceptors (Lipinski definition) is 11. The van der Waals surface area contributed by atoms with Crippen molar-refractivity contribution >= 4 is 17.8 Å². The van der Waals surface area contributed by atoms with E-state index < -0.39 is 71.7 Å². The molecule has 0 spiro atoms. The van der Waals surface area contributed by atoms with E-state index >= 15 is 0 Å². The highest BCUT2D eigenvalue weighted by atomic mass is 16.7. The number of aliphatic hydroxyl groups is 1. The maximum atomic E-state index is 14.4. The minimum atomic E-state index is -1.28. The summed E-state index contributed by atoms with van der Waals surface area (Å²) in [7, 11) is 5.40. The van der Waals surface area contributed by atoms with Crippen molar-refractivity contribution in [2.45, 2.75) is 142 Å². The second-order valence-corrected chi connectivity index (χ2v) is 14.7. The summed E-state index contributed by atoms with van der Waals surface area (Å²) in [4.78, 5) is 45.2. The number of ether oxygens (including phenoxy) is 6. The molecule has 2 saturated heterocycles. The molecule has 12 nitrogen and oxygen atoms in total. The molecule has 0 aromatic rings. The van der Waals surface area contributed by atoms with Crippen molar-refractivity contribution < 1.29 is 47.9 Å². The molecular weight excluding hydrogens is 620 g/mol. The van der Waals surface area contributed by atoms with Gasteiger partial charge in [0.25, 0.3) is 0 Å². The molecule has 0 aromatic heterocycles. The highest BCUT2D eigenvalue weighted by molar-refractivity contribution is 5.88. The van der Waals surface area contributed by atoms with Gasteiger partial charge in [-0.25, -0.2) is 9.59 Å². The van der Waals surface area contributed by atoms with Gasteiger partial charge in [0, 0.05) is 56.2 Å². The van der Waals surface area contributed by atoms with Crippen LogP contribution in [-0.2, 0) is 38.0 Å². The van der Waals surface area contributed by atoms with Gasteiger partial charge >= 0.3 is 12.1 Å². The first kappa shape index (κ1) is 40.3. The average Bonchev–Trinajstić information content (AvgIpc) is 3.29. The van der Waals surface area contributed by atoms with Gasteiger partial charge in [0.1, 0.15) is 18.0 Å². The summed E-state index contributed by atoms with van der Waals surface area (Å²) >= 11 is 0. The second kappa shape index (κ2) is 16.7. The summed E-state index contributed by atoms with van der Waals surface area (Å²) in [6.07, 6.45) is -0.550. The molecule has 3 heterocycles. The molecule has 2 fully saturated rings. The van der Waals surface area contributed by atoms with Gasteiger partial charge in [-0.3, -0.25) is 4.79 Å². The lowest BCUT2D eigenvalue weighted by Crippen LogP contribution is -2.59. The van der Waals surface area contributed by atoms with Gasteiger partial charge in [-0.05, 0) is 74.4 Å². The zero-order valence-corrected chi connectivity index (χ0v) is 31.3. The number of Topliss-reactive ketones (excluding diaryl/α,β-unsaturated/α-hetero) is 1. The molecule has 276 valence electrons. The molecule has 0 bridgehead atoms. The van der Waals surface area contributed by atoms with Gasteiger partial charge in [-0.15, -0.1) is 0 Å². The van der Waals surface area contributed by atoms with Crippen LogP contribution in [0.5, 0.6) is 0 Å². The van der Waals surface area contributed by atoms with E-state index in [4.69, 9.17) is 28.4 Å². The number of likely N-dealkylation sites (N-methyl/N-ethyl adjacent to an activating group) is 1. The zero-order valence-electron chi connectivity index (χ0n) is 31.3. The summed E-state index contributed by atoms with van der Waals surface area (Å²) < 4.78 is 36.7. The van der Waals surface area contributed by atoms with Crippen molar-refractivity contribution in [2.24, 2.45) is 17.8 Å². The number of esters is 1. The summed E-state index contributed by atoms with van der Waals surface area (Å²) in [5.41, 5.74) is -1.97. The molecule has 0 aliphatic carbocycles. The number of aliphatic hydroxyl groups excluding tert-OH is 1. The van der Waals surface area contributed by atoms with E-state index in [-0.39, 0.29) is 24.3 Å². The highest BCUT2D eigenvalue weighted by Gasteiger charge is 2.59. The predicted octanol–water partition coefficient (Wildman–Crippen LogP) is 4.36. The van der Waals surface area contributed by atoms with Crippen LogP contribution in [0.4, 0.5) is 4.79 Å². The van der Waals surface area contributed by atoms with Gasteiger partial charge in [0.05, 0.1) is 23.9 Å². The topological polar surface area (TPSA) is 133 Å². The van der Waals surface area contributed by atoms with Crippen molar-refractivity contribution in [1.29, 1.82) is 0 Å². The van der Waals surface area contributed by atoms with E-state index in [1.807, 2.05) is 67.5 Å². The van der Waals surface area contributed by atoms with E-state index in [1.54, 1.807) is 31.9 Å². The number of cyclic esters (lactones) is 1. The van der Waals surface area contributed by atoms with Crippen LogP contribution < -0.4 is 0 Å². The Hall–Kier alpha value is -2.09. The molecule has 0 radical (unpaired) electrons. The molecule has 1 N–H and O–H groups in total. The standard InChI is InChI=1S/C36H62N2O10/c1-13-27-36(9)30(38(34(42)48-36)16-15-17-44-14-2)25(7)28(39)23(5)20-35(8,43-12)31(21(3)18-22(4)32(41)46-27)47-33-29(40)26(37(10)11)19-24(6)45-33/h18,21,23-27,29-31,33,40H,13-17,19-20H2,1-12H3/b22-18+/t21-,23+,24+,25-,26-,27+,29+,30+,31+,33-,35+,36+/m0/s1. The zero-order chi connectivity index (χ0) is 36.1. The molecule has 3 rings (SSSR count). The Balaban J connectivity index is 2.10. The highest BCUT2D eigenvalue weighted by Crippen LogP contribution is 2.42. The first-order valence-electron chi connectivity index (χ1n) is 17.7. The molecule has 0 unspecified atom stereocenters. The van der Waals surface area contributed by atoms with Crippen LogP contribution in [0.2, 0.25) is 0 Å². The number of amides is 1. The first-order chi connectivity index (χ1) is 22.4. The number of fused-ring (bicyclic) bond motifs is 1. The van der Waals surface area contributed by atoms with Gasteiger partial charge in [-0.1, -0.05) is 33.8 Å². The van der Waals surface area contributed by atoms with E-state index in [0.29, 0.717) is 44.6 Å². The molecular formula is C36H62N2O10. The first-order valence-corrected chi connectivity index (χ1v) is 17.7. The number of carbonyl (C=O) groups excluding carboxylic acids is 3. The Labute approximate surface area is 287 Å². The Bertz CT molecular complexity index is 1150. The van der Waals surface area contributed by atoms with E-state index in [9.17, 15) is 19.5 Å². The Morgan fingerprint density at radius 1 is 1.10 bits per heavy atom. The van der Waals surface area contributed by atoms with Crippen LogP contribution in [0.1, 0.15) is 88.0 Å². The molecule has 12 heteroatoms. The van der Waals surface area contributed by atoms with Crippen LogP contribution in [0.25, 0.3) is 0 Å². The second-order valence-electron chi connectivity index (χ2n) is 14.7. The van der Waals surface area contributed by atoms with Crippen molar-refractivity contribution in [3.05, 3.63) is 11.6 Å². The smallest absolute Gasteiger partial charge is 0.410 e. The lowest BCUT2D eigenvalue weighted by atomic mass is 9.74. The van der Waals surface area contributed by atoms with Crippen LogP contribution >= 0.6 is 0 Å². The molecule has 1 amide bonds. The average molecular weight is 683 g/mol. The minimum Gasteiger partial charge on any atom is -0.455 e. The third kappa shape index (κ3) is 8.61. The van der Waals surface area contributed by atoms with Crippen molar-refractivity contribution in [3.8, 4) is 0 Å². The Morgan fingerprint density at radius 3 is 2.35 bits per heavy atom. The summed E-state index contributed by atoms with van der Waals surface area (Å²) in [6, 6.07) is -0.885. The molecule has 0 aromatic carbocycles. The number of nitrogens with zero attached hydrogens (tertiary/aromatic N) is 2. The van der Waals surface area contributed by atoms with E-state index in [0.717, 1.165) is 0 Å². The van der Waals surface area contributed by atoms with Gasteiger partial charge in [0.15, 0.2) is 11.9 Å². The Kier molecular flexibility index (Phi) is 14.1.